The Morgan fingerprint density at radius 1 is 0.979 bits per heavy atom. The zero-order chi connectivity index (χ0) is 34.6. The van der Waals surface area contributed by atoms with Crippen LogP contribution in [0.15, 0.2) is 65.8 Å². The van der Waals surface area contributed by atoms with Crippen LogP contribution in [0.1, 0.15) is 73.9 Å². The summed E-state index contributed by atoms with van der Waals surface area (Å²) in [5.74, 6) is 2.21. The van der Waals surface area contributed by atoms with Crippen LogP contribution >= 0.6 is 0 Å². The van der Waals surface area contributed by atoms with Gasteiger partial charge in [0, 0.05) is 23.2 Å². The third-order valence-corrected chi connectivity index (χ3v) is 10.2. The predicted molar refractivity (Wildman–Crippen MR) is 185 cm³/mol. The van der Waals surface area contributed by atoms with Crippen molar-refractivity contribution in [1.82, 2.24) is 24.8 Å². The molecule has 0 amide bonds. The zero-order valence-electron chi connectivity index (χ0n) is 28.5. The summed E-state index contributed by atoms with van der Waals surface area (Å²) in [5, 5.41) is 0. The summed E-state index contributed by atoms with van der Waals surface area (Å²) in [5.41, 5.74) is 3.60. The molecule has 1 N–H and O–H groups in total. The fraction of sp³-hybridized carbons (Fsp3) is 0.417. The van der Waals surface area contributed by atoms with E-state index in [0.717, 1.165) is 35.4 Å². The van der Waals surface area contributed by atoms with Crippen LogP contribution in [0.4, 0.5) is 5.95 Å². The van der Waals surface area contributed by atoms with Gasteiger partial charge in [0.1, 0.15) is 18.7 Å². The number of hydrogen-bond acceptors (Lipinski definition) is 10. The Balaban J connectivity index is 1.46. The standard InChI is InChI=1S/C36H44N6O5S/c1-22(2)29-14-15-31(35-37-18-27(19-38-35)47-23(3)4)42(7)32(29)21-46-33-17-30(34-24(5)10-8-11-25(34)6)39-36(40-33)41-48(44,45)28-13-9-12-26(16-28)20-43/h8-13,16-20,22-23,29,31-32H,14-15,21H2,1-7H3,(H,39,40,41)/t29-,31+,32+/m0/s1. The van der Waals surface area contributed by atoms with E-state index < -0.39 is 10.0 Å². The van der Waals surface area contributed by atoms with Gasteiger partial charge in [-0.15, -0.1) is 0 Å². The third kappa shape index (κ3) is 7.99. The lowest BCUT2D eigenvalue weighted by Gasteiger charge is -2.45. The van der Waals surface area contributed by atoms with Gasteiger partial charge in [-0.3, -0.25) is 9.69 Å². The number of aromatic nitrogens is 4. The third-order valence-electron chi connectivity index (χ3n) is 8.83. The molecule has 1 aliphatic rings. The lowest BCUT2D eigenvalue weighted by atomic mass is 9.79. The second-order valence-corrected chi connectivity index (χ2v) is 14.6. The quantitative estimate of drug-likeness (QED) is 0.168. The number of nitrogens with zero attached hydrogens (tertiary/aromatic N) is 5. The van der Waals surface area contributed by atoms with E-state index in [1.165, 1.54) is 24.3 Å². The zero-order valence-corrected chi connectivity index (χ0v) is 29.4. The topological polar surface area (TPSA) is 136 Å². The van der Waals surface area contributed by atoms with E-state index in [4.69, 9.17) is 9.47 Å². The molecular formula is C36H44N6O5S. The molecule has 0 spiro atoms. The van der Waals surface area contributed by atoms with Crippen molar-refractivity contribution in [3.8, 4) is 22.9 Å². The maximum atomic E-state index is 13.4. The van der Waals surface area contributed by atoms with Gasteiger partial charge in [0.2, 0.25) is 11.8 Å². The molecule has 1 aliphatic heterocycles. The lowest BCUT2D eigenvalue weighted by Crippen LogP contribution is -2.49. The Kier molecular flexibility index (Phi) is 10.7. The van der Waals surface area contributed by atoms with Crippen molar-refractivity contribution in [3.05, 3.63) is 83.4 Å². The number of anilines is 1. The van der Waals surface area contributed by atoms with Gasteiger partial charge in [-0.1, -0.05) is 44.2 Å². The molecule has 3 atom stereocenters. The molecule has 11 nitrogen and oxygen atoms in total. The molecule has 12 heteroatoms. The summed E-state index contributed by atoms with van der Waals surface area (Å²) in [6.45, 7) is 12.6. The van der Waals surface area contributed by atoms with Crippen molar-refractivity contribution < 1.29 is 22.7 Å². The number of aldehydes is 1. The fourth-order valence-corrected chi connectivity index (χ4v) is 7.44. The number of carbonyl (C=O) groups is 1. The number of ether oxygens (including phenoxy) is 2. The molecule has 5 rings (SSSR count). The Hall–Kier alpha value is -4.42. The molecule has 0 bridgehead atoms. The molecule has 3 heterocycles. The fourth-order valence-electron chi connectivity index (χ4n) is 6.44. The van der Waals surface area contributed by atoms with Crippen molar-refractivity contribution in [2.24, 2.45) is 11.8 Å². The Labute approximate surface area is 283 Å². The number of benzene rings is 2. The van der Waals surface area contributed by atoms with Crippen LogP contribution in [0.2, 0.25) is 0 Å². The van der Waals surface area contributed by atoms with Gasteiger partial charge < -0.3 is 9.47 Å². The highest BCUT2D eigenvalue weighted by Gasteiger charge is 2.39. The highest BCUT2D eigenvalue weighted by Crippen LogP contribution is 2.39. The molecule has 2 aromatic heterocycles. The Morgan fingerprint density at radius 2 is 1.67 bits per heavy atom. The number of aryl methyl sites for hydroxylation is 2. The molecule has 48 heavy (non-hydrogen) atoms. The monoisotopic (exact) mass is 672 g/mol. The largest absolute Gasteiger partial charge is 0.488 e. The first-order chi connectivity index (χ1) is 22.9. The average molecular weight is 673 g/mol. The van der Waals surface area contributed by atoms with Crippen LogP contribution < -0.4 is 14.2 Å². The first-order valence-electron chi connectivity index (χ1n) is 16.2. The van der Waals surface area contributed by atoms with E-state index in [2.05, 4.69) is 50.5 Å². The van der Waals surface area contributed by atoms with Crippen molar-refractivity contribution in [3.63, 3.8) is 0 Å². The lowest BCUT2D eigenvalue weighted by molar-refractivity contribution is 0.00988. The van der Waals surface area contributed by atoms with E-state index in [1.54, 1.807) is 18.5 Å². The minimum Gasteiger partial charge on any atom is -0.488 e. The molecule has 0 saturated carbocycles. The van der Waals surface area contributed by atoms with Gasteiger partial charge in [-0.25, -0.2) is 28.1 Å². The van der Waals surface area contributed by atoms with E-state index in [1.807, 2.05) is 45.9 Å². The van der Waals surface area contributed by atoms with E-state index in [9.17, 15) is 13.2 Å². The second-order valence-electron chi connectivity index (χ2n) is 13.0. The van der Waals surface area contributed by atoms with Gasteiger partial charge in [-0.2, -0.15) is 4.98 Å². The Morgan fingerprint density at radius 3 is 2.31 bits per heavy atom. The van der Waals surface area contributed by atoms with Gasteiger partial charge >= 0.3 is 0 Å². The predicted octanol–water partition coefficient (Wildman–Crippen LogP) is 6.44. The summed E-state index contributed by atoms with van der Waals surface area (Å²) in [6, 6.07) is 13.4. The maximum absolute atomic E-state index is 13.4. The number of likely N-dealkylation sites (tertiary alicyclic amines) is 1. The number of carbonyl (C=O) groups excluding carboxylic acids is 1. The first kappa shape index (κ1) is 34.9. The van der Waals surface area contributed by atoms with Crippen molar-refractivity contribution in [2.75, 3.05) is 18.4 Å². The van der Waals surface area contributed by atoms with Gasteiger partial charge in [-0.05, 0) is 82.7 Å². The molecule has 0 radical (unpaired) electrons. The van der Waals surface area contributed by atoms with Gasteiger partial charge in [0.05, 0.1) is 35.1 Å². The van der Waals surface area contributed by atoms with Crippen molar-refractivity contribution in [2.45, 2.75) is 77.5 Å². The smallest absolute Gasteiger partial charge is 0.264 e. The Bertz CT molecular complexity index is 1830. The molecule has 0 unspecified atom stereocenters. The van der Waals surface area contributed by atoms with Gasteiger partial charge in [0.25, 0.3) is 10.0 Å². The summed E-state index contributed by atoms with van der Waals surface area (Å²) in [4.78, 5) is 32.0. The number of likely N-dealkylation sites (N-methyl/N-ethyl adjacent to an activating group) is 1. The minimum atomic E-state index is -4.11. The maximum Gasteiger partial charge on any atom is 0.264 e. The van der Waals surface area contributed by atoms with Crippen molar-refractivity contribution >= 4 is 22.3 Å². The van der Waals surface area contributed by atoms with Crippen LogP contribution in [0.5, 0.6) is 11.6 Å². The van der Waals surface area contributed by atoms with E-state index in [0.29, 0.717) is 36.2 Å². The molecule has 1 fully saturated rings. The average Bonchev–Trinajstić information content (AvgIpc) is 3.04. The van der Waals surface area contributed by atoms with Crippen LogP contribution in [0.3, 0.4) is 0 Å². The second kappa shape index (κ2) is 14.8. The van der Waals surface area contributed by atoms with Gasteiger partial charge in [0.15, 0.2) is 5.75 Å². The first-order valence-corrected chi connectivity index (χ1v) is 17.7. The number of nitrogens with one attached hydrogen (secondary N) is 1. The summed E-state index contributed by atoms with van der Waals surface area (Å²) < 4.78 is 41.5. The molecule has 4 aromatic rings. The number of rotatable bonds is 12. The van der Waals surface area contributed by atoms with Crippen LogP contribution in [0, 0.1) is 25.7 Å². The highest BCUT2D eigenvalue weighted by atomic mass is 32.2. The van der Waals surface area contributed by atoms with Crippen LogP contribution in [-0.4, -0.2) is 65.3 Å². The normalized spacial score (nSPS) is 18.6. The molecule has 254 valence electrons. The summed E-state index contributed by atoms with van der Waals surface area (Å²) >= 11 is 0. The van der Waals surface area contributed by atoms with Crippen LogP contribution in [-0.2, 0) is 10.0 Å². The summed E-state index contributed by atoms with van der Waals surface area (Å²) in [6.07, 6.45) is 5.96. The number of hydrogen-bond donors (Lipinski definition) is 1. The number of piperidine rings is 1. The SMILES string of the molecule is Cc1cccc(C)c1-c1cc(OC[C@@H]2[C@H](C(C)C)CC[C@H](c3ncc(OC(C)C)cn3)N2C)nc(NS(=O)(=O)c2cccc(C=O)c2)n1. The minimum absolute atomic E-state index is 0.00350. The molecule has 0 aliphatic carbocycles. The molecular weight excluding hydrogens is 628 g/mol. The highest BCUT2D eigenvalue weighted by molar-refractivity contribution is 7.92. The van der Waals surface area contributed by atoms with Crippen molar-refractivity contribution in [1.29, 1.82) is 0 Å². The summed E-state index contributed by atoms with van der Waals surface area (Å²) in [7, 11) is -2.04. The molecule has 1 saturated heterocycles. The number of sulfonamides is 1. The molecule has 2 aromatic carbocycles. The van der Waals surface area contributed by atoms with E-state index >= 15 is 0 Å². The van der Waals surface area contributed by atoms with Crippen LogP contribution in [0.25, 0.3) is 11.3 Å². The van der Waals surface area contributed by atoms with E-state index in [-0.39, 0.29) is 40.5 Å².